The van der Waals surface area contributed by atoms with Gasteiger partial charge in [0.25, 0.3) is 0 Å². The molecule has 0 saturated carbocycles. The highest BCUT2D eigenvalue weighted by Crippen LogP contribution is 2.29. The van der Waals surface area contributed by atoms with Crippen LogP contribution in [0.5, 0.6) is 0 Å². The van der Waals surface area contributed by atoms with Gasteiger partial charge in [-0.25, -0.2) is 0 Å². The molecule has 1 N–H and O–H groups in total. The minimum atomic E-state index is 0.298. The second-order valence-electron chi connectivity index (χ2n) is 4.60. The molecule has 3 nitrogen and oxygen atoms in total. The highest BCUT2D eigenvalue weighted by Gasteiger charge is 2.10. The molecule has 2 aromatic rings. The zero-order valence-corrected chi connectivity index (χ0v) is 12.1. The van der Waals surface area contributed by atoms with Crippen LogP contribution in [0.25, 0.3) is 0 Å². The Bertz CT molecular complexity index is 519. The maximum Gasteiger partial charge on any atom is 0.0769 e. The van der Waals surface area contributed by atoms with E-state index in [2.05, 4.69) is 41.2 Å². The molecule has 0 bridgehead atoms. The Kier molecular flexibility index (Phi) is 3.87. The Balaban J connectivity index is 2.19. The number of rotatable bonds is 4. The second kappa shape index (κ2) is 5.40. The van der Waals surface area contributed by atoms with Crippen molar-refractivity contribution in [2.75, 3.05) is 24.3 Å². The quantitative estimate of drug-likeness (QED) is 0.909. The van der Waals surface area contributed by atoms with E-state index in [0.717, 1.165) is 11.4 Å². The van der Waals surface area contributed by atoms with Crippen molar-refractivity contribution in [3.63, 3.8) is 0 Å². The number of thiophene rings is 1. The first kappa shape index (κ1) is 12.9. The summed E-state index contributed by atoms with van der Waals surface area (Å²) >= 11 is 1.83. The number of nitrogens with zero attached hydrogens (tertiary/aromatic N) is 2. The van der Waals surface area contributed by atoms with Crippen molar-refractivity contribution in [3.8, 4) is 0 Å². The Hall–Kier alpha value is -1.55. The van der Waals surface area contributed by atoms with Crippen LogP contribution in [0.1, 0.15) is 22.7 Å². The topological polar surface area (TPSA) is 28.2 Å². The first-order chi connectivity index (χ1) is 8.58. The van der Waals surface area contributed by atoms with Crippen LogP contribution in [-0.2, 0) is 0 Å². The number of nitrogens with one attached hydrogen (secondary N) is 1. The van der Waals surface area contributed by atoms with Gasteiger partial charge in [0.15, 0.2) is 0 Å². The molecule has 0 amide bonds. The average Bonchev–Trinajstić information content (AvgIpc) is 2.76. The van der Waals surface area contributed by atoms with Crippen molar-refractivity contribution < 1.29 is 0 Å². The summed E-state index contributed by atoms with van der Waals surface area (Å²) in [5.74, 6) is 0. The SMILES string of the molecule is Cc1ccc(C(C)Nc2cnccc2N(C)C)s1. The van der Waals surface area contributed by atoms with Crippen LogP contribution >= 0.6 is 11.3 Å². The van der Waals surface area contributed by atoms with Crippen LogP contribution < -0.4 is 10.2 Å². The lowest BCUT2D eigenvalue weighted by Crippen LogP contribution is -2.13. The summed E-state index contributed by atoms with van der Waals surface area (Å²) in [6.45, 7) is 4.31. The lowest BCUT2D eigenvalue weighted by Gasteiger charge is -2.20. The molecule has 18 heavy (non-hydrogen) atoms. The summed E-state index contributed by atoms with van der Waals surface area (Å²) in [5, 5.41) is 3.53. The third-order valence-electron chi connectivity index (χ3n) is 2.84. The number of pyridine rings is 1. The fourth-order valence-corrected chi connectivity index (χ4v) is 2.76. The van der Waals surface area contributed by atoms with Gasteiger partial charge in [-0.2, -0.15) is 0 Å². The van der Waals surface area contributed by atoms with Gasteiger partial charge in [0.2, 0.25) is 0 Å². The summed E-state index contributed by atoms with van der Waals surface area (Å²) in [4.78, 5) is 8.98. The summed E-state index contributed by atoms with van der Waals surface area (Å²) in [5.41, 5.74) is 2.23. The Morgan fingerprint density at radius 1 is 1.28 bits per heavy atom. The molecule has 0 aliphatic carbocycles. The summed E-state index contributed by atoms with van der Waals surface area (Å²) in [6.07, 6.45) is 3.70. The monoisotopic (exact) mass is 261 g/mol. The third-order valence-corrected chi connectivity index (χ3v) is 4.02. The van der Waals surface area contributed by atoms with Crippen molar-refractivity contribution in [1.29, 1.82) is 0 Å². The van der Waals surface area contributed by atoms with Crippen molar-refractivity contribution in [1.82, 2.24) is 4.98 Å². The summed E-state index contributed by atoms with van der Waals surface area (Å²) < 4.78 is 0. The first-order valence-electron chi connectivity index (χ1n) is 6.02. The van der Waals surface area contributed by atoms with Crippen LogP contribution in [0.4, 0.5) is 11.4 Å². The lowest BCUT2D eigenvalue weighted by atomic mass is 10.2. The molecule has 4 heteroatoms. The largest absolute Gasteiger partial charge is 0.376 e. The van der Waals surface area contributed by atoms with Gasteiger partial charge in [-0.3, -0.25) is 4.98 Å². The van der Waals surface area contributed by atoms with E-state index in [1.165, 1.54) is 9.75 Å². The minimum Gasteiger partial charge on any atom is -0.376 e. The Labute approximate surface area is 112 Å². The van der Waals surface area contributed by atoms with E-state index >= 15 is 0 Å². The third kappa shape index (κ3) is 2.82. The van der Waals surface area contributed by atoms with Gasteiger partial charge in [0, 0.05) is 30.0 Å². The van der Waals surface area contributed by atoms with Crippen LogP contribution in [0, 0.1) is 6.92 Å². The number of anilines is 2. The molecule has 2 aromatic heterocycles. The Morgan fingerprint density at radius 3 is 2.67 bits per heavy atom. The molecule has 2 rings (SSSR count). The summed E-state index contributed by atoms with van der Waals surface area (Å²) in [7, 11) is 4.08. The molecular weight excluding hydrogens is 242 g/mol. The van der Waals surface area contributed by atoms with Crippen molar-refractivity contribution in [2.24, 2.45) is 0 Å². The van der Waals surface area contributed by atoms with E-state index in [9.17, 15) is 0 Å². The zero-order chi connectivity index (χ0) is 13.1. The lowest BCUT2D eigenvalue weighted by molar-refractivity contribution is 0.903. The van der Waals surface area contributed by atoms with E-state index < -0.39 is 0 Å². The molecule has 2 heterocycles. The number of hydrogen-bond acceptors (Lipinski definition) is 4. The molecule has 0 saturated heterocycles. The average molecular weight is 261 g/mol. The van der Waals surface area contributed by atoms with Gasteiger partial charge in [-0.05, 0) is 32.0 Å². The fourth-order valence-electron chi connectivity index (χ4n) is 1.88. The predicted octanol–water partition coefficient (Wildman–Crippen LogP) is 3.69. The van der Waals surface area contributed by atoms with Gasteiger partial charge < -0.3 is 10.2 Å². The van der Waals surface area contributed by atoms with Gasteiger partial charge >= 0.3 is 0 Å². The molecule has 0 aliphatic rings. The molecule has 0 radical (unpaired) electrons. The molecule has 96 valence electrons. The van der Waals surface area contributed by atoms with Gasteiger partial charge in [0.1, 0.15) is 0 Å². The molecule has 0 aliphatic heterocycles. The van der Waals surface area contributed by atoms with Crippen LogP contribution in [0.3, 0.4) is 0 Å². The van der Waals surface area contributed by atoms with Gasteiger partial charge in [-0.15, -0.1) is 11.3 Å². The molecule has 1 unspecified atom stereocenters. The van der Waals surface area contributed by atoms with Crippen molar-refractivity contribution in [2.45, 2.75) is 19.9 Å². The fraction of sp³-hybridized carbons (Fsp3) is 0.357. The number of aryl methyl sites for hydroxylation is 1. The normalized spacial score (nSPS) is 12.2. The maximum atomic E-state index is 4.19. The van der Waals surface area contributed by atoms with Crippen LogP contribution in [0.2, 0.25) is 0 Å². The number of hydrogen-bond donors (Lipinski definition) is 1. The molecule has 0 aromatic carbocycles. The minimum absolute atomic E-state index is 0.298. The van der Waals surface area contributed by atoms with Crippen LogP contribution in [-0.4, -0.2) is 19.1 Å². The molecule has 1 atom stereocenters. The van der Waals surface area contributed by atoms with Crippen molar-refractivity contribution >= 4 is 22.7 Å². The summed E-state index contributed by atoms with van der Waals surface area (Å²) in [6, 6.07) is 6.67. The maximum absolute atomic E-state index is 4.19. The first-order valence-corrected chi connectivity index (χ1v) is 6.84. The van der Waals surface area contributed by atoms with E-state index in [1.54, 1.807) is 0 Å². The van der Waals surface area contributed by atoms with E-state index in [0.29, 0.717) is 6.04 Å². The standard InChI is InChI=1S/C14H19N3S/c1-10-5-6-14(18-10)11(2)16-12-9-15-8-7-13(12)17(3)4/h5-9,11,16H,1-4H3. The molecule has 0 fully saturated rings. The van der Waals surface area contributed by atoms with E-state index in [-0.39, 0.29) is 0 Å². The number of aromatic nitrogens is 1. The van der Waals surface area contributed by atoms with Crippen molar-refractivity contribution in [3.05, 3.63) is 40.3 Å². The molecule has 0 spiro atoms. The van der Waals surface area contributed by atoms with E-state index in [1.807, 2.05) is 43.9 Å². The predicted molar refractivity (Wildman–Crippen MR) is 79.7 cm³/mol. The van der Waals surface area contributed by atoms with Gasteiger partial charge in [-0.1, -0.05) is 0 Å². The zero-order valence-electron chi connectivity index (χ0n) is 11.3. The second-order valence-corrected chi connectivity index (χ2v) is 5.92. The highest BCUT2D eigenvalue weighted by atomic mass is 32.1. The smallest absolute Gasteiger partial charge is 0.0769 e. The highest BCUT2D eigenvalue weighted by molar-refractivity contribution is 7.12. The van der Waals surface area contributed by atoms with Gasteiger partial charge in [0.05, 0.1) is 23.6 Å². The molecular formula is C14H19N3S. The van der Waals surface area contributed by atoms with E-state index in [4.69, 9.17) is 0 Å². The Morgan fingerprint density at radius 2 is 2.06 bits per heavy atom. The van der Waals surface area contributed by atoms with Crippen LogP contribution in [0.15, 0.2) is 30.6 Å².